The first-order chi connectivity index (χ1) is 10.4. The Morgan fingerprint density at radius 2 is 1.82 bits per heavy atom. The number of amides is 3. The van der Waals surface area contributed by atoms with Crippen molar-refractivity contribution in [3.05, 3.63) is 29.8 Å². The van der Waals surface area contributed by atoms with Gasteiger partial charge in [0, 0.05) is 25.7 Å². The first-order valence-corrected chi connectivity index (χ1v) is 6.75. The summed E-state index contributed by atoms with van der Waals surface area (Å²) in [5.41, 5.74) is -0.183. The standard InChI is InChI=1S/C14H15F2N3O3/c1-2-18-5-6-19(14(22)13(18)21)8-12(20)17-11-4-3-9(15)7-10(11)16/h3-4,7H,2,5-6,8H2,1H3,(H,17,20). The van der Waals surface area contributed by atoms with E-state index in [9.17, 15) is 23.2 Å². The number of benzene rings is 1. The minimum Gasteiger partial charge on any atom is -0.333 e. The van der Waals surface area contributed by atoms with Gasteiger partial charge >= 0.3 is 11.8 Å². The molecule has 1 aliphatic rings. The maximum atomic E-state index is 13.4. The average Bonchev–Trinajstić information content (AvgIpc) is 2.47. The van der Waals surface area contributed by atoms with Crippen molar-refractivity contribution in [2.45, 2.75) is 6.92 Å². The van der Waals surface area contributed by atoms with Crippen LogP contribution in [-0.2, 0) is 14.4 Å². The topological polar surface area (TPSA) is 69.7 Å². The molecule has 1 fully saturated rings. The van der Waals surface area contributed by atoms with Gasteiger partial charge in [-0.3, -0.25) is 14.4 Å². The highest BCUT2D eigenvalue weighted by Gasteiger charge is 2.32. The molecule has 1 aromatic rings. The molecule has 3 amide bonds. The van der Waals surface area contributed by atoms with E-state index < -0.39 is 29.4 Å². The van der Waals surface area contributed by atoms with Crippen LogP contribution in [0.5, 0.6) is 0 Å². The van der Waals surface area contributed by atoms with E-state index in [1.807, 2.05) is 0 Å². The van der Waals surface area contributed by atoms with Gasteiger partial charge in [0.05, 0.1) is 5.69 Å². The molecule has 1 heterocycles. The van der Waals surface area contributed by atoms with Crippen molar-refractivity contribution in [2.24, 2.45) is 0 Å². The van der Waals surface area contributed by atoms with E-state index in [2.05, 4.69) is 5.32 Å². The van der Waals surface area contributed by atoms with Gasteiger partial charge < -0.3 is 15.1 Å². The van der Waals surface area contributed by atoms with Gasteiger partial charge in [0.25, 0.3) is 0 Å². The zero-order valence-corrected chi connectivity index (χ0v) is 11.9. The SMILES string of the molecule is CCN1CCN(CC(=O)Nc2ccc(F)cc2F)C(=O)C1=O. The zero-order valence-electron chi connectivity index (χ0n) is 11.9. The van der Waals surface area contributed by atoms with Crippen molar-refractivity contribution >= 4 is 23.4 Å². The van der Waals surface area contributed by atoms with Crippen molar-refractivity contribution in [1.82, 2.24) is 9.80 Å². The Labute approximate surface area is 125 Å². The number of likely N-dealkylation sites (N-methyl/N-ethyl adjacent to an activating group) is 1. The van der Waals surface area contributed by atoms with Gasteiger partial charge in [-0.15, -0.1) is 0 Å². The van der Waals surface area contributed by atoms with Crippen molar-refractivity contribution in [3.63, 3.8) is 0 Å². The van der Waals surface area contributed by atoms with E-state index >= 15 is 0 Å². The number of piperazine rings is 1. The van der Waals surface area contributed by atoms with Gasteiger partial charge in [-0.2, -0.15) is 0 Å². The smallest absolute Gasteiger partial charge is 0.312 e. The van der Waals surface area contributed by atoms with Crippen molar-refractivity contribution in [3.8, 4) is 0 Å². The van der Waals surface area contributed by atoms with Crippen molar-refractivity contribution in [1.29, 1.82) is 0 Å². The van der Waals surface area contributed by atoms with Crippen LogP contribution in [0.25, 0.3) is 0 Å². The van der Waals surface area contributed by atoms with Gasteiger partial charge in [-0.1, -0.05) is 0 Å². The summed E-state index contributed by atoms with van der Waals surface area (Å²) in [7, 11) is 0. The van der Waals surface area contributed by atoms with E-state index in [-0.39, 0.29) is 18.8 Å². The quantitative estimate of drug-likeness (QED) is 0.828. The van der Waals surface area contributed by atoms with Crippen LogP contribution >= 0.6 is 0 Å². The Morgan fingerprint density at radius 3 is 2.45 bits per heavy atom. The van der Waals surface area contributed by atoms with Crippen molar-refractivity contribution < 1.29 is 23.2 Å². The van der Waals surface area contributed by atoms with Gasteiger partial charge in [0.1, 0.15) is 18.2 Å². The number of hydrogen-bond acceptors (Lipinski definition) is 3. The molecule has 0 bridgehead atoms. The normalized spacial score (nSPS) is 15.2. The number of rotatable bonds is 4. The van der Waals surface area contributed by atoms with Crippen LogP contribution in [0, 0.1) is 11.6 Å². The van der Waals surface area contributed by atoms with Crippen LogP contribution in [0.3, 0.4) is 0 Å². The minimum atomic E-state index is -0.911. The number of carbonyl (C=O) groups is 3. The van der Waals surface area contributed by atoms with Crippen molar-refractivity contribution in [2.75, 3.05) is 31.5 Å². The van der Waals surface area contributed by atoms with Crippen LogP contribution in [0.15, 0.2) is 18.2 Å². The molecule has 1 aliphatic heterocycles. The van der Waals surface area contributed by atoms with E-state index in [4.69, 9.17) is 0 Å². The molecule has 8 heteroatoms. The number of nitrogens with one attached hydrogen (secondary N) is 1. The Balaban J connectivity index is 1.97. The molecule has 118 valence electrons. The molecule has 0 unspecified atom stereocenters. The third kappa shape index (κ3) is 3.38. The van der Waals surface area contributed by atoms with Gasteiger partial charge in [0.2, 0.25) is 5.91 Å². The van der Waals surface area contributed by atoms with Crippen LogP contribution in [-0.4, -0.2) is 53.7 Å². The molecule has 0 aliphatic carbocycles. The fraction of sp³-hybridized carbons (Fsp3) is 0.357. The summed E-state index contributed by atoms with van der Waals surface area (Å²) in [6.45, 7) is 2.40. The molecule has 0 atom stereocenters. The molecule has 0 spiro atoms. The van der Waals surface area contributed by atoms with Crippen LogP contribution < -0.4 is 5.32 Å². The van der Waals surface area contributed by atoms with E-state index in [0.717, 1.165) is 17.0 Å². The first kappa shape index (κ1) is 15.9. The summed E-state index contributed by atoms with van der Waals surface area (Å²) in [5, 5.41) is 2.25. The average molecular weight is 311 g/mol. The Hall–Kier alpha value is -2.51. The summed E-state index contributed by atoms with van der Waals surface area (Å²) in [6.07, 6.45) is 0. The minimum absolute atomic E-state index is 0.183. The van der Waals surface area contributed by atoms with Gasteiger partial charge in [-0.05, 0) is 19.1 Å². The lowest BCUT2D eigenvalue weighted by molar-refractivity contribution is -0.156. The van der Waals surface area contributed by atoms with E-state index in [1.54, 1.807) is 6.92 Å². The zero-order chi connectivity index (χ0) is 16.3. The predicted octanol–water partition coefficient (Wildman–Crippen LogP) is 0.594. The second-order valence-corrected chi connectivity index (χ2v) is 4.78. The summed E-state index contributed by atoms with van der Waals surface area (Å²) < 4.78 is 26.2. The van der Waals surface area contributed by atoms with Crippen LogP contribution in [0.2, 0.25) is 0 Å². The number of hydrogen-bond donors (Lipinski definition) is 1. The Kier molecular flexibility index (Phi) is 4.69. The first-order valence-electron chi connectivity index (χ1n) is 6.75. The highest BCUT2D eigenvalue weighted by Crippen LogP contribution is 2.15. The Morgan fingerprint density at radius 1 is 1.18 bits per heavy atom. The fourth-order valence-corrected chi connectivity index (χ4v) is 2.12. The molecule has 1 N–H and O–H groups in total. The molecular weight excluding hydrogens is 296 g/mol. The summed E-state index contributed by atoms with van der Waals surface area (Å²) >= 11 is 0. The fourth-order valence-electron chi connectivity index (χ4n) is 2.12. The van der Waals surface area contributed by atoms with E-state index in [0.29, 0.717) is 19.2 Å². The molecular formula is C14H15F2N3O3. The molecule has 22 heavy (non-hydrogen) atoms. The highest BCUT2D eigenvalue weighted by atomic mass is 19.1. The highest BCUT2D eigenvalue weighted by molar-refractivity contribution is 6.35. The molecule has 0 radical (unpaired) electrons. The second-order valence-electron chi connectivity index (χ2n) is 4.78. The predicted molar refractivity (Wildman–Crippen MR) is 73.8 cm³/mol. The third-order valence-electron chi connectivity index (χ3n) is 3.32. The maximum absolute atomic E-state index is 13.4. The van der Waals surface area contributed by atoms with Gasteiger partial charge in [-0.25, -0.2) is 8.78 Å². The summed E-state index contributed by atoms with van der Waals surface area (Å²) in [4.78, 5) is 37.8. The third-order valence-corrected chi connectivity index (χ3v) is 3.32. The number of carbonyl (C=O) groups excluding carboxylic acids is 3. The lowest BCUT2D eigenvalue weighted by Crippen LogP contribution is -2.55. The number of anilines is 1. The number of halogens is 2. The molecule has 2 rings (SSSR count). The lowest BCUT2D eigenvalue weighted by Gasteiger charge is -2.32. The molecule has 6 nitrogen and oxygen atoms in total. The molecule has 0 saturated carbocycles. The van der Waals surface area contributed by atoms with Crippen LogP contribution in [0.1, 0.15) is 6.92 Å². The lowest BCUT2D eigenvalue weighted by atomic mass is 10.2. The van der Waals surface area contributed by atoms with E-state index in [1.165, 1.54) is 4.90 Å². The van der Waals surface area contributed by atoms with Crippen LogP contribution in [0.4, 0.5) is 14.5 Å². The molecule has 1 aromatic carbocycles. The molecule has 1 saturated heterocycles. The largest absolute Gasteiger partial charge is 0.333 e. The summed E-state index contributed by atoms with van der Waals surface area (Å²) in [6, 6.07) is 2.74. The second kappa shape index (κ2) is 6.50. The Bertz CT molecular complexity index is 621. The summed E-state index contributed by atoms with van der Waals surface area (Å²) in [5.74, 6) is -3.74. The number of nitrogens with zero attached hydrogens (tertiary/aromatic N) is 2. The maximum Gasteiger partial charge on any atom is 0.312 e. The monoisotopic (exact) mass is 311 g/mol. The van der Waals surface area contributed by atoms with Gasteiger partial charge in [0.15, 0.2) is 0 Å². The molecule has 0 aromatic heterocycles.